The largest absolute Gasteiger partial charge is 0.508 e. The van der Waals surface area contributed by atoms with Gasteiger partial charge in [0.2, 0.25) is 0 Å². The molecule has 1 aromatic heterocycles. The van der Waals surface area contributed by atoms with E-state index >= 15 is 0 Å². The molecule has 0 aliphatic rings. The van der Waals surface area contributed by atoms with Gasteiger partial charge in [0, 0.05) is 17.8 Å². The summed E-state index contributed by atoms with van der Waals surface area (Å²) in [6.07, 6.45) is 3.09. The molecule has 0 fully saturated rings. The van der Waals surface area contributed by atoms with Crippen LogP contribution < -0.4 is 4.90 Å². The third-order valence-electron chi connectivity index (χ3n) is 4.49. The molecule has 0 aliphatic heterocycles. The lowest BCUT2D eigenvalue weighted by molar-refractivity contribution is 0.443. The van der Waals surface area contributed by atoms with Crippen molar-refractivity contribution in [3.8, 4) is 17.2 Å². The van der Waals surface area contributed by atoms with Gasteiger partial charge >= 0.3 is 0 Å². The summed E-state index contributed by atoms with van der Waals surface area (Å²) >= 11 is 0. The van der Waals surface area contributed by atoms with E-state index in [4.69, 9.17) is 10.8 Å². The number of nitrogens with one attached hydrogen (secondary N) is 2. The second-order valence-corrected chi connectivity index (χ2v) is 6.88. The Bertz CT molecular complexity index is 1060. The zero-order valence-corrected chi connectivity index (χ0v) is 16.1. The summed E-state index contributed by atoms with van der Waals surface area (Å²) < 4.78 is 0. The molecule has 7 nitrogen and oxygen atoms in total. The molecule has 0 saturated carbocycles. The molecule has 0 radical (unpaired) electrons. The van der Waals surface area contributed by atoms with Crippen LogP contribution in [-0.4, -0.2) is 32.0 Å². The van der Waals surface area contributed by atoms with E-state index in [-0.39, 0.29) is 40.4 Å². The van der Waals surface area contributed by atoms with Gasteiger partial charge in [-0.15, -0.1) is 0 Å². The van der Waals surface area contributed by atoms with Gasteiger partial charge in [-0.3, -0.25) is 20.7 Å². The molecular weight excluding hydrogens is 368 g/mol. The summed E-state index contributed by atoms with van der Waals surface area (Å²) in [5, 5.41) is 47.7. The molecule has 7 heteroatoms. The van der Waals surface area contributed by atoms with Crippen molar-refractivity contribution < 1.29 is 15.3 Å². The molecule has 5 N–H and O–H groups in total. The maximum atomic E-state index is 10.4. The monoisotopic (exact) mass is 390 g/mol. The summed E-state index contributed by atoms with van der Waals surface area (Å²) in [4.78, 5) is 5.39. The lowest BCUT2D eigenvalue weighted by Gasteiger charge is -2.26. The van der Waals surface area contributed by atoms with Gasteiger partial charge < -0.3 is 15.3 Å². The minimum atomic E-state index is -0.269. The van der Waals surface area contributed by atoms with Crippen LogP contribution in [0.2, 0.25) is 0 Å². The first-order valence-corrected chi connectivity index (χ1v) is 9.02. The molecule has 0 aliphatic carbocycles. The molecule has 148 valence electrons. The molecule has 0 saturated heterocycles. The number of phenols is 3. The Morgan fingerprint density at radius 3 is 2.31 bits per heavy atom. The number of amidine groups is 2. The summed E-state index contributed by atoms with van der Waals surface area (Å²) in [5.41, 5.74) is 1.59. The Hall–Kier alpha value is -3.87. The van der Waals surface area contributed by atoms with Crippen molar-refractivity contribution in [3.05, 3.63) is 77.6 Å². The molecule has 29 heavy (non-hydrogen) atoms. The maximum Gasteiger partial charge on any atom is 0.142 e. The van der Waals surface area contributed by atoms with Crippen LogP contribution in [0.4, 0.5) is 5.69 Å². The van der Waals surface area contributed by atoms with Crippen molar-refractivity contribution in [2.24, 2.45) is 0 Å². The van der Waals surface area contributed by atoms with Gasteiger partial charge in [-0.05, 0) is 41.8 Å². The van der Waals surface area contributed by atoms with Crippen LogP contribution in [0.15, 0.2) is 60.9 Å². The molecule has 2 aromatic carbocycles. The highest BCUT2D eigenvalue weighted by molar-refractivity contribution is 6.28. The number of rotatable bonds is 4. The number of hydrogen-bond donors (Lipinski definition) is 5. The Labute approximate surface area is 168 Å². The van der Waals surface area contributed by atoms with Gasteiger partial charge in [0.1, 0.15) is 28.9 Å². The topological polar surface area (TPSA) is 125 Å². The summed E-state index contributed by atoms with van der Waals surface area (Å²) in [5.74, 6) is -0.582. The average molecular weight is 390 g/mol. The molecule has 0 spiro atoms. The predicted octanol–water partition coefficient (Wildman–Crippen LogP) is 4.18. The number of nitrogens with zero attached hydrogens (tertiary/aromatic N) is 2. The average Bonchev–Trinajstić information content (AvgIpc) is 2.68. The molecule has 3 aromatic rings. The first kappa shape index (κ1) is 19.9. The van der Waals surface area contributed by atoms with E-state index in [1.807, 2.05) is 13.8 Å². The molecule has 0 atom stereocenters. The number of aromatic nitrogens is 1. The van der Waals surface area contributed by atoms with Crippen LogP contribution in [0, 0.1) is 10.8 Å². The summed E-state index contributed by atoms with van der Waals surface area (Å²) in [7, 11) is 0. The Morgan fingerprint density at radius 1 is 0.931 bits per heavy atom. The van der Waals surface area contributed by atoms with E-state index in [1.165, 1.54) is 29.3 Å². The number of hydrogen-bond acceptors (Lipinski definition) is 6. The van der Waals surface area contributed by atoms with E-state index in [1.54, 1.807) is 36.5 Å². The molecule has 3 rings (SSSR count). The fourth-order valence-corrected chi connectivity index (χ4v) is 3.00. The lowest BCUT2D eigenvalue weighted by atomic mass is 9.98. The molecule has 0 bridgehead atoms. The van der Waals surface area contributed by atoms with Gasteiger partial charge in [0.05, 0.1) is 17.4 Å². The SMILES string of the molecule is CC(C)c1cc(C(=N)N(C(=N)c2cccc(O)c2)c2cccnc2)c(O)cc1O. The predicted molar refractivity (Wildman–Crippen MR) is 112 cm³/mol. The highest BCUT2D eigenvalue weighted by atomic mass is 16.3. The van der Waals surface area contributed by atoms with E-state index in [0.29, 0.717) is 16.8 Å². The standard InChI is InChI=1S/C22H22N4O3/c1-13(2)17-10-18(20(29)11-19(17)28)22(24)26(15-6-4-8-25-12-15)21(23)14-5-3-7-16(27)9-14/h3-13,23-24,27-29H,1-2H3. The van der Waals surface area contributed by atoms with Crippen LogP contribution in [0.25, 0.3) is 0 Å². The lowest BCUT2D eigenvalue weighted by Crippen LogP contribution is -2.37. The van der Waals surface area contributed by atoms with Crippen LogP contribution in [0.5, 0.6) is 17.2 Å². The smallest absolute Gasteiger partial charge is 0.142 e. The fourth-order valence-electron chi connectivity index (χ4n) is 3.00. The second-order valence-electron chi connectivity index (χ2n) is 6.88. The third-order valence-corrected chi connectivity index (χ3v) is 4.49. The van der Waals surface area contributed by atoms with Crippen LogP contribution in [0.3, 0.4) is 0 Å². The van der Waals surface area contributed by atoms with Gasteiger partial charge in [-0.1, -0.05) is 26.0 Å². The zero-order valence-electron chi connectivity index (χ0n) is 16.1. The minimum absolute atomic E-state index is 0.000470. The van der Waals surface area contributed by atoms with Crippen molar-refractivity contribution in [3.63, 3.8) is 0 Å². The Balaban J connectivity index is 2.14. The second kappa shape index (κ2) is 8.02. The third kappa shape index (κ3) is 4.03. The van der Waals surface area contributed by atoms with Gasteiger partial charge in [-0.25, -0.2) is 0 Å². The number of benzene rings is 2. The van der Waals surface area contributed by atoms with Crippen LogP contribution in [0.1, 0.15) is 36.5 Å². The Morgan fingerprint density at radius 2 is 1.69 bits per heavy atom. The van der Waals surface area contributed by atoms with E-state index in [2.05, 4.69) is 4.98 Å². The van der Waals surface area contributed by atoms with Crippen molar-refractivity contribution in [2.75, 3.05) is 4.90 Å². The summed E-state index contributed by atoms with van der Waals surface area (Å²) in [6, 6.07) is 12.3. The Kier molecular flexibility index (Phi) is 5.50. The molecule has 0 amide bonds. The molecule has 1 heterocycles. The van der Waals surface area contributed by atoms with E-state index in [0.717, 1.165) is 0 Å². The quantitative estimate of drug-likeness (QED) is 0.338. The minimum Gasteiger partial charge on any atom is -0.508 e. The van der Waals surface area contributed by atoms with Gasteiger partial charge in [0.15, 0.2) is 0 Å². The van der Waals surface area contributed by atoms with Crippen molar-refractivity contribution in [1.82, 2.24) is 4.98 Å². The van der Waals surface area contributed by atoms with E-state index in [9.17, 15) is 15.3 Å². The normalized spacial score (nSPS) is 10.7. The van der Waals surface area contributed by atoms with Crippen molar-refractivity contribution in [2.45, 2.75) is 19.8 Å². The van der Waals surface area contributed by atoms with Crippen molar-refractivity contribution in [1.29, 1.82) is 10.8 Å². The van der Waals surface area contributed by atoms with Gasteiger partial charge in [-0.2, -0.15) is 0 Å². The molecule has 0 unspecified atom stereocenters. The van der Waals surface area contributed by atoms with Gasteiger partial charge in [0.25, 0.3) is 0 Å². The highest BCUT2D eigenvalue weighted by Crippen LogP contribution is 2.34. The number of phenolic OH excluding ortho intramolecular Hbond substituents is 3. The highest BCUT2D eigenvalue weighted by Gasteiger charge is 2.24. The van der Waals surface area contributed by atoms with Crippen LogP contribution in [-0.2, 0) is 0 Å². The maximum absolute atomic E-state index is 10.4. The van der Waals surface area contributed by atoms with E-state index < -0.39 is 0 Å². The van der Waals surface area contributed by atoms with Crippen LogP contribution >= 0.6 is 0 Å². The zero-order chi connectivity index (χ0) is 21.1. The first-order valence-electron chi connectivity index (χ1n) is 9.02. The fraction of sp³-hybridized carbons (Fsp3) is 0.136. The first-order chi connectivity index (χ1) is 13.8. The summed E-state index contributed by atoms with van der Waals surface area (Å²) in [6.45, 7) is 3.79. The molecular formula is C22H22N4O3. The van der Waals surface area contributed by atoms with Crippen molar-refractivity contribution >= 4 is 17.4 Å². The number of pyridine rings is 1. The number of aromatic hydroxyl groups is 3. The number of anilines is 1.